The monoisotopic (exact) mass is 434 g/mol. The van der Waals surface area contributed by atoms with Crippen molar-refractivity contribution in [3.05, 3.63) is 65.2 Å². The number of rotatable bonds is 6. The van der Waals surface area contributed by atoms with Crippen LogP contribution in [-0.2, 0) is 14.4 Å². The number of hydrogen-bond donors (Lipinski definition) is 2. The summed E-state index contributed by atoms with van der Waals surface area (Å²) in [5, 5.41) is 5.70. The molecule has 2 aromatic rings. The number of carbonyl (C=O) groups excluding carboxylic acids is 3. The molecule has 1 fully saturated rings. The van der Waals surface area contributed by atoms with Crippen LogP contribution in [0.2, 0.25) is 0 Å². The molecule has 1 aliphatic heterocycles. The highest BCUT2D eigenvalue weighted by Gasteiger charge is 2.21. The maximum Gasteiger partial charge on any atom is 0.246 e. The Morgan fingerprint density at radius 1 is 0.938 bits per heavy atom. The molecule has 0 spiro atoms. The Bertz CT molecular complexity index is 1010. The molecule has 1 heterocycles. The van der Waals surface area contributed by atoms with E-state index < -0.39 is 0 Å². The zero-order valence-corrected chi connectivity index (χ0v) is 18.9. The van der Waals surface area contributed by atoms with Gasteiger partial charge in [0, 0.05) is 50.6 Å². The van der Waals surface area contributed by atoms with Gasteiger partial charge in [-0.25, -0.2) is 0 Å². The van der Waals surface area contributed by atoms with E-state index in [0.717, 1.165) is 28.1 Å². The van der Waals surface area contributed by atoms with Crippen molar-refractivity contribution >= 4 is 35.2 Å². The molecule has 0 atom stereocenters. The molecule has 0 radical (unpaired) electrons. The molecule has 32 heavy (non-hydrogen) atoms. The number of piperazine rings is 1. The van der Waals surface area contributed by atoms with Crippen molar-refractivity contribution < 1.29 is 14.4 Å². The third-order valence-corrected chi connectivity index (χ3v) is 5.58. The van der Waals surface area contributed by atoms with Crippen molar-refractivity contribution in [2.45, 2.75) is 20.8 Å². The molecule has 3 rings (SSSR count). The minimum atomic E-state index is -0.120. The minimum Gasteiger partial charge on any atom is -0.337 e. The Kier molecular flexibility index (Phi) is 7.78. The first-order valence-electron chi connectivity index (χ1n) is 10.7. The molecule has 0 aromatic heterocycles. The van der Waals surface area contributed by atoms with Crippen LogP contribution in [-0.4, -0.2) is 60.2 Å². The summed E-state index contributed by atoms with van der Waals surface area (Å²) in [4.78, 5) is 39.9. The lowest BCUT2D eigenvalue weighted by Gasteiger charge is -2.33. The SMILES string of the molecule is CC(=O)Nc1ccc(/C=C/C(=O)N2CCN(CC(=O)Nc3cccc(C)c3C)CC2)cc1. The highest BCUT2D eigenvalue weighted by Crippen LogP contribution is 2.18. The number of amides is 3. The first-order chi connectivity index (χ1) is 15.3. The van der Waals surface area contributed by atoms with Gasteiger partial charge >= 0.3 is 0 Å². The molecule has 1 aliphatic rings. The first-order valence-corrected chi connectivity index (χ1v) is 10.7. The molecule has 0 bridgehead atoms. The van der Waals surface area contributed by atoms with Gasteiger partial charge in [-0.05, 0) is 54.8 Å². The predicted octanol–water partition coefficient (Wildman–Crippen LogP) is 3.06. The number of benzene rings is 2. The van der Waals surface area contributed by atoms with Crippen LogP contribution in [0.5, 0.6) is 0 Å². The topological polar surface area (TPSA) is 81.8 Å². The van der Waals surface area contributed by atoms with E-state index in [4.69, 9.17) is 0 Å². The maximum absolute atomic E-state index is 12.5. The average molecular weight is 435 g/mol. The van der Waals surface area contributed by atoms with Crippen LogP contribution in [0.1, 0.15) is 23.6 Å². The summed E-state index contributed by atoms with van der Waals surface area (Å²) >= 11 is 0. The van der Waals surface area contributed by atoms with Gasteiger partial charge in [-0.15, -0.1) is 0 Å². The lowest BCUT2D eigenvalue weighted by molar-refractivity contribution is -0.128. The summed E-state index contributed by atoms with van der Waals surface area (Å²) in [5.74, 6) is -0.207. The second-order valence-corrected chi connectivity index (χ2v) is 8.03. The summed E-state index contributed by atoms with van der Waals surface area (Å²) in [6.07, 6.45) is 3.33. The molecular weight excluding hydrogens is 404 g/mol. The van der Waals surface area contributed by atoms with Crippen molar-refractivity contribution in [3.63, 3.8) is 0 Å². The van der Waals surface area contributed by atoms with Gasteiger partial charge in [-0.3, -0.25) is 19.3 Å². The van der Waals surface area contributed by atoms with Crippen LogP contribution in [0.4, 0.5) is 11.4 Å². The average Bonchev–Trinajstić information content (AvgIpc) is 2.76. The van der Waals surface area contributed by atoms with E-state index in [9.17, 15) is 14.4 Å². The fourth-order valence-electron chi connectivity index (χ4n) is 3.56. The zero-order valence-electron chi connectivity index (χ0n) is 18.9. The third kappa shape index (κ3) is 6.52. The summed E-state index contributed by atoms with van der Waals surface area (Å²) in [5.41, 5.74) is 4.67. The fourth-order valence-corrected chi connectivity index (χ4v) is 3.56. The molecule has 168 valence electrons. The standard InChI is InChI=1S/C25H30N4O3/c1-18-5-4-6-23(19(18)2)27-24(31)17-28-13-15-29(16-14-28)25(32)12-9-21-7-10-22(11-8-21)26-20(3)30/h4-12H,13-17H2,1-3H3,(H,26,30)(H,27,31)/b12-9+. The number of aryl methyl sites for hydroxylation is 1. The normalized spacial score (nSPS) is 14.4. The molecule has 3 amide bonds. The minimum absolute atomic E-state index is 0.0407. The van der Waals surface area contributed by atoms with Crippen molar-refractivity contribution in [3.8, 4) is 0 Å². The third-order valence-electron chi connectivity index (χ3n) is 5.58. The van der Waals surface area contributed by atoms with E-state index >= 15 is 0 Å². The molecular formula is C25H30N4O3. The second-order valence-electron chi connectivity index (χ2n) is 8.03. The highest BCUT2D eigenvalue weighted by molar-refractivity contribution is 5.93. The van der Waals surface area contributed by atoms with Crippen LogP contribution < -0.4 is 10.6 Å². The number of carbonyl (C=O) groups is 3. The first kappa shape index (κ1) is 23.2. The summed E-state index contributed by atoms with van der Waals surface area (Å²) in [7, 11) is 0. The van der Waals surface area contributed by atoms with E-state index in [1.807, 2.05) is 44.2 Å². The Morgan fingerprint density at radius 3 is 2.28 bits per heavy atom. The molecule has 2 N–H and O–H groups in total. The van der Waals surface area contributed by atoms with E-state index in [2.05, 4.69) is 15.5 Å². The maximum atomic E-state index is 12.5. The van der Waals surface area contributed by atoms with Gasteiger partial charge in [0.2, 0.25) is 17.7 Å². The van der Waals surface area contributed by atoms with E-state index in [1.54, 1.807) is 29.2 Å². The second kappa shape index (κ2) is 10.7. The summed E-state index contributed by atoms with van der Waals surface area (Å²) < 4.78 is 0. The smallest absolute Gasteiger partial charge is 0.246 e. The molecule has 0 unspecified atom stereocenters. The van der Waals surface area contributed by atoms with Crippen molar-refractivity contribution in [2.75, 3.05) is 43.4 Å². The van der Waals surface area contributed by atoms with Gasteiger partial charge in [-0.2, -0.15) is 0 Å². The lowest BCUT2D eigenvalue weighted by atomic mass is 10.1. The molecule has 0 aliphatic carbocycles. The number of nitrogens with one attached hydrogen (secondary N) is 2. The van der Waals surface area contributed by atoms with Gasteiger partial charge in [0.25, 0.3) is 0 Å². The van der Waals surface area contributed by atoms with E-state index in [0.29, 0.717) is 32.7 Å². The lowest BCUT2D eigenvalue weighted by Crippen LogP contribution is -2.50. The van der Waals surface area contributed by atoms with Gasteiger partial charge in [-0.1, -0.05) is 24.3 Å². The van der Waals surface area contributed by atoms with Crippen molar-refractivity contribution in [1.29, 1.82) is 0 Å². The van der Waals surface area contributed by atoms with Crippen LogP contribution in [0.25, 0.3) is 6.08 Å². The molecule has 2 aromatic carbocycles. The molecule has 7 nitrogen and oxygen atoms in total. The highest BCUT2D eigenvalue weighted by atomic mass is 16.2. The molecule has 0 saturated carbocycles. The zero-order chi connectivity index (χ0) is 23.1. The van der Waals surface area contributed by atoms with Crippen molar-refractivity contribution in [2.24, 2.45) is 0 Å². The predicted molar refractivity (Wildman–Crippen MR) is 127 cm³/mol. The van der Waals surface area contributed by atoms with Gasteiger partial charge < -0.3 is 15.5 Å². The van der Waals surface area contributed by atoms with Crippen LogP contribution in [0.15, 0.2) is 48.5 Å². The van der Waals surface area contributed by atoms with E-state index in [-0.39, 0.29) is 17.7 Å². The number of anilines is 2. The van der Waals surface area contributed by atoms with Gasteiger partial charge in [0.15, 0.2) is 0 Å². The number of nitrogens with zero attached hydrogens (tertiary/aromatic N) is 2. The van der Waals surface area contributed by atoms with Crippen molar-refractivity contribution in [1.82, 2.24) is 9.80 Å². The van der Waals surface area contributed by atoms with Crippen LogP contribution in [0, 0.1) is 13.8 Å². The van der Waals surface area contributed by atoms with Crippen LogP contribution >= 0.6 is 0 Å². The quantitative estimate of drug-likeness (QED) is 0.685. The van der Waals surface area contributed by atoms with Gasteiger partial charge in [0.05, 0.1) is 6.54 Å². The fraction of sp³-hybridized carbons (Fsp3) is 0.320. The summed E-state index contributed by atoms with van der Waals surface area (Å²) in [6, 6.07) is 13.2. The largest absolute Gasteiger partial charge is 0.337 e. The van der Waals surface area contributed by atoms with E-state index in [1.165, 1.54) is 6.92 Å². The molecule has 1 saturated heterocycles. The Morgan fingerprint density at radius 2 is 1.62 bits per heavy atom. The summed E-state index contributed by atoms with van der Waals surface area (Å²) in [6.45, 7) is 8.28. The Balaban J connectivity index is 1.45. The van der Waals surface area contributed by atoms with Gasteiger partial charge in [0.1, 0.15) is 0 Å². The number of hydrogen-bond acceptors (Lipinski definition) is 4. The Hall–Kier alpha value is -3.45. The molecule has 7 heteroatoms. The Labute approximate surface area is 189 Å². The van der Waals surface area contributed by atoms with Crippen LogP contribution in [0.3, 0.4) is 0 Å².